The zero-order valence-corrected chi connectivity index (χ0v) is 11.4. The monoisotopic (exact) mass is 316 g/mol. The van der Waals surface area contributed by atoms with E-state index in [0.29, 0.717) is 5.56 Å². The van der Waals surface area contributed by atoms with Crippen LogP contribution in [-0.4, -0.2) is 12.3 Å². The number of alkyl halides is 4. The SMILES string of the molecule is CC(F)Cc1ccc2c(F)c(C#CC(F)(F)F)c(F)cc2c1. The average molecular weight is 316 g/mol. The number of rotatable bonds is 2. The molecule has 0 saturated heterocycles. The lowest BCUT2D eigenvalue weighted by Crippen LogP contribution is -2.03. The maximum absolute atomic E-state index is 14.1. The van der Waals surface area contributed by atoms with Crippen molar-refractivity contribution in [3.63, 3.8) is 0 Å². The van der Waals surface area contributed by atoms with Crippen molar-refractivity contribution in [2.24, 2.45) is 0 Å². The molecule has 0 bridgehead atoms. The van der Waals surface area contributed by atoms with Crippen LogP contribution in [0.15, 0.2) is 24.3 Å². The second-order valence-electron chi connectivity index (χ2n) is 4.84. The van der Waals surface area contributed by atoms with E-state index in [1.807, 2.05) is 0 Å². The Morgan fingerprint density at radius 3 is 2.41 bits per heavy atom. The fourth-order valence-electron chi connectivity index (χ4n) is 2.08. The molecule has 2 aromatic carbocycles. The molecule has 2 aromatic rings. The summed E-state index contributed by atoms with van der Waals surface area (Å²) >= 11 is 0. The molecule has 0 aromatic heterocycles. The molecular weight excluding hydrogens is 306 g/mol. The third-order valence-corrected chi connectivity index (χ3v) is 2.94. The topological polar surface area (TPSA) is 0 Å². The predicted octanol–water partition coefficient (Wildman–Crippen LogP) is 4.93. The predicted molar refractivity (Wildman–Crippen MR) is 71.1 cm³/mol. The van der Waals surface area contributed by atoms with Gasteiger partial charge in [0.15, 0.2) is 0 Å². The van der Waals surface area contributed by atoms with Gasteiger partial charge in [-0.2, -0.15) is 13.2 Å². The molecule has 0 nitrogen and oxygen atoms in total. The summed E-state index contributed by atoms with van der Waals surface area (Å²) in [5.74, 6) is -0.0308. The minimum Gasteiger partial charge on any atom is -0.247 e. The van der Waals surface area contributed by atoms with Gasteiger partial charge in [0, 0.05) is 17.7 Å². The van der Waals surface area contributed by atoms with Gasteiger partial charge in [-0.05, 0) is 23.9 Å². The van der Waals surface area contributed by atoms with Crippen LogP contribution in [0, 0.1) is 23.5 Å². The number of fused-ring (bicyclic) bond motifs is 1. The summed E-state index contributed by atoms with van der Waals surface area (Å²) in [7, 11) is 0. The van der Waals surface area contributed by atoms with Gasteiger partial charge >= 0.3 is 6.18 Å². The minimum absolute atomic E-state index is 0.0665. The fraction of sp³-hybridized carbons (Fsp3) is 0.250. The highest BCUT2D eigenvalue weighted by Gasteiger charge is 2.24. The molecule has 0 N–H and O–H groups in total. The van der Waals surface area contributed by atoms with Gasteiger partial charge in [0.05, 0.1) is 5.56 Å². The second kappa shape index (κ2) is 5.91. The Kier molecular flexibility index (Phi) is 4.36. The largest absolute Gasteiger partial charge is 0.458 e. The first kappa shape index (κ1) is 16.2. The van der Waals surface area contributed by atoms with E-state index in [4.69, 9.17) is 0 Å². The Hall–Kier alpha value is -2.16. The Labute approximate surface area is 122 Å². The van der Waals surface area contributed by atoms with E-state index in [1.165, 1.54) is 31.0 Å². The fourth-order valence-corrected chi connectivity index (χ4v) is 2.08. The number of halogens is 6. The van der Waals surface area contributed by atoms with Gasteiger partial charge < -0.3 is 0 Å². The molecule has 0 amide bonds. The van der Waals surface area contributed by atoms with Crippen LogP contribution >= 0.6 is 0 Å². The van der Waals surface area contributed by atoms with E-state index in [2.05, 4.69) is 0 Å². The van der Waals surface area contributed by atoms with Crippen molar-refractivity contribution in [1.29, 1.82) is 0 Å². The van der Waals surface area contributed by atoms with Crippen LogP contribution in [0.4, 0.5) is 26.3 Å². The highest BCUT2D eigenvalue weighted by molar-refractivity contribution is 5.85. The molecule has 6 heteroatoms. The average Bonchev–Trinajstić information content (AvgIpc) is 2.35. The number of benzene rings is 2. The molecule has 0 aliphatic rings. The molecule has 1 unspecified atom stereocenters. The maximum atomic E-state index is 14.1. The Bertz CT molecular complexity index is 762. The van der Waals surface area contributed by atoms with E-state index in [0.717, 1.165) is 12.0 Å². The molecule has 0 spiro atoms. The quantitative estimate of drug-likeness (QED) is 0.544. The third kappa shape index (κ3) is 3.73. The lowest BCUT2D eigenvalue weighted by Gasteiger charge is -2.07. The van der Waals surface area contributed by atoms with E-state index in [-0.39, 0.29) is 17.2 Å². The summed E-state index contributed by atoms with van der Waals surface area (Å²) < 4.78 is 76.9. The lowest BCUT2D eigenvalue weighted by molar-refractivity contribution is -0.0696. The van der Waals surface area contributed by atoms with Gasteiger partial charge in [-0.15, -0.1) is 0 Å². The first-order valence-electron chi connectivity index (χ1n) is 6.32. The van der Waals surface area contributed by atoms with Gasteiger partial charge in [0.1, 0.15) is 17.8 Å². The Morgan fingerprint density at radius 1 is 1.14 bits per heavy atom. The number of hydrogen-bond acceptors (Lipinski definition) is 0. The molecule has 0 aliphatic heterocycles. The van der Waals surface area contributed by atoms with Gasteiger partial charge in [-0.3, -0.25) is 0 Å². The van der Waals surface area contributed by atoms with Crippen LogP contribution in [0.2, 0.25) is 0 Å². The van der Waals surface area contributed by atoms with Crippen LogP contribution in [-0.2, 0) is 6.42 Å². The summed E-state index contributed by atoms with van der Waals surface area (Å²) in [6.45, 7) is 1.35. The maximum Gasteiger partial charge on any atom is 0.458 e. The van der Waals surface area contributed by atoms with Crippen molar-refractivity contribution < 1.29 is 26.3 Å². The second-order valence-corrected chi connectivity index (χ2v) is 4.84. The standard InChI is InChI=1S/C16H10F6/c1-9(17)6-10-2-3-12-11(7-10)8-14(18)13(15(12)19)4-5-16(20,21)22/h2-3,7-9H,6H2,1H3. The van der Waals surface area contributed by atoms with Crippen LogP contribution < -0.4 is 0 Å². The van der Waals surface area contributed by atoms with Gasteiger partial charge in [-0.25, -0.2) is 13.2 Å². The molecule has 2 rings (SSSR count). The summed E-state index contributed by atoms with van der Waals surface area (Å²) in [5.41, 5.74) is -0.396. The molecule has 0 heterocycles. The molecule has 0 fully saturated rings. The zero-order valence-electron chi connectivity index (χ0n) is 11.4. The first-order valence-corrected chi connectivity index (χ1v) is 6.32. The van der Waals surface area contributed by atoms with E-state index >= 15 is 0 Å². The van der Waals surface area contributed by atoms with E-state index in [1.54, 1.807) is 0 Å². The van der Waals surface area contributed by atoms with Gasteiger partial charge in [0.2, 0.25) is 0 Å². The van der Waals surface area contributed by atoms with Crippen molar-refractivity contribution >= 4 is 10.8 Å². The molecule has 0 radical (unpaired) electrons. The summed E-state index contributed by atoms with van der Waals surface area (Å²) in [6.07, 6.45) is -5.88. The number of hydrogen-bond donors (Lipinski definition) is 0. The van der Waals surface area contributed by atoms with Crippen molar-refractivity contribution in [2.75, 3.05) is 0 Å². The highest BCUT2D eigenvalue weighted by atomic mass is 19.4. The molecule has 22 heavy (non-hydrogen) atoms. The van der Waals surface area contributed by atoms with Crippen LogP contribution in [0.3, 0.4) is 0 Å². The van der Waals surface area contributed by atoms with E-state index < -0.39 is 29.5 Å². The summed E-state index contributed by atoms with van der Waals surface area (Å²) in [5, 5.41) is 0.0776. The summed E-state index contributed by atoms with van der Waals surface area (Å²) in [4.78, 5) is 0. The lowest BCUT2D eigenvalue weighted by atomic mass is 10.0. The third-order valence-electron chi connectivity index (χ3n) is 2.94. The highest BCUT2D eigenvalue weighted by Crippen LogP contribution is 2.26. The molecule has 0 saturated carbocycles. The van der Waals surface area contributed by atoms with Crippen molar-refractivity contribution in [3.8, 4) is 11.8 Å². The van der Waals surface area contributed by atoms with Gasteiger partial charge in [0.25, 0.3) is 0 Å². The smallest absolute Gasteiger partial charge is 0.247 e. The zero-order chi connectivity index (χ0) is 16.5. The van der Waals surface area contributed by atoms with Crippen LogP contribution in [0.25, 0.3) is 10.8 Å². The summed E-state index contributed by atoms with van der Waals surface area (Å²) in [6, 6.07) is 5.02. The van der Waals surface area contributed by atoms with Crippen molar-refractivity contribution in [2.45, 2.75) is 25.7 Å². The molecular formula is C16H10F6. The Morgan fingerprint density at radius 2 is 1.82 bits per heavy atom. The van der Waals surface area contributed by atoms with Crippen molar-refractivity contribution in [3.05, 3.63) is 47.0 Å². The Balaban J connectivity index is 2.56. The van der Waals surface area contributed by atoms with Crippen LogP contribution in [0.5, 0.6) is 0 Å². The molecule has 0 aliphatic carbocycles. The van der Waals surface area contributed by atoms with Gasteiger partial charge in [-0.1, -0.05) is 24.1 Å². The van der Waals surface area contributed by atoms with Crippen LogP contribution in [0.1, 0.15) is 18.1 Å². The van der Waals surface area contributed by atoms with Crippen molar-refractivity contribution in [1.82, 2.24) is 0 Å². The van der Waals surface area contributed by atoms with E-state index in [9.17, 15) is 26.3 Å². The first-order chi connectivity index (χ1) is 10.2. The molecule has 116 valence electrons. The molecule has 1 atom stereocenters. The minimum atomic E-state index is -4.84. The normalized spacial score (nSPS) is 12.9.